The van der Waals surface area contributed by atoms with Crippen molar-refractivity contribution in [3.63, 3.8) is 0 Å². The van der Waals surface area contributed by atoms with E-state index in [-0.39, 0.29) is 11.7 Å². The molecule has 1 fully saturated rings. The highest BCUT2D eigenvalue weighted by Gasteiger charge is 2.17. The van der Waals surface area contributed by atoms with Gasteiger partial charge >= 0.3 is 0 Å². The molecule has 0 aromatic carbocycles. The number of nitrogens with one attached hydrogen (secondary N) is 1. The molecule has 0 spiro atoms. The Hall–Kier alpha value is -0.740. The number of hydrogen-bond donors (Lipinski definition) is 1. The van der Waals surface area contributed by atoms with Crippen LogP contribution in [0.15, 0.2) is 23.3 Å². The Kier molecular flexibility index (Phi) is 3.49. The summed E-state index contributed by atoms with van der Waals surface area (Å²) in [6.45, 7) is 4.46. The Morgan fingerprint density at radius 3 is 2.60 bits per heavy atom. The summed E-state index contributed by atoms with van der Waals surface area (Å²) in [5, 5.41) is 3.25. The van der Waals surface area contributed by atoms with Crippen LogP contribution in [0.25, 0.3) is 0 Å². The Bertz CT molecular complexity index is 291. The molecule has 1 aliphatic heterocycles. The second kappa shape index (κ2) is 4.86. The van der Waals surface area contributed by atoms with Crippen molar-refractivity contribution < 1.29 is 8.78 Å². The van der Waals surface area contributed by atoms with E-state index in [1.165, 1.54) is 0 Å². The maximum absolute atomic E-state index is 13.4. The van der Waals surface area contributed by atoms with E-state index in [0.29, 0.717) is 19.4 Å². The number of hydrogen-bond acceptors (Lipinski definition) is 2. The van der Waals surface area contributed by atoms with Gasteiger partial charge in [-0.1, -0.05) is 0 Å². The van der Waals surface area contributed by atoms with Crippen molar-refractivity contribution >= 4 is 0 Å². The van der Waals surface area contributed by atoms with Gasteiger partial charge in [0.25, 0.3) is 0 Å². The predicted octanol–water partition coefficient (Wildman–Crippen LogP) is 1.76. The summed E-state index contributed by atoms with van der Waals surface area (Å²) in [4.78, 5) is 2.21. The Labute approximate surface area is 88.6 Å². The lowest BCUT2D eigenvalue weighted by atomic mass is 10.0. The predicted molar refractivity (Wildman–Crippen MR) is 55.9 cm³/mol. The van der Waals surface area contributed by atoms with Gasteiger partial charge in [-0.3, -0.25) is 4.90 Å². The minimum Gasteiger partial charge on any atom is -0.314 e. The maximum atomic E-state index is 13.4. The Morgan fingerprint density at radius 1 is 1.20 bits per heavy atom. The van der Waals surface area contributed by atoms with Crippen LogP contribution in [-0.4, -0.2) is 37.6 Å². The fourth-order valence-electron chi connectivity index (χ4n) is 2.00. The summed E-state index contributed by atoms with van der Waals surface area (Å²) in [5.74, 6) is -0.700. The number of halogens is 2. The van der Waals surface area contributed by atoms with Gasteiger partial charge in [0.1, 0.15) is 11.7 Å². The van der Waals surface area contributed by atoms with Gasteiger partial charge in [-0.15, -0.1) is 0 Å². The van der Waals surface area contributed by atoms with Crippen LogP contribution < -0.4 is 5.32 Å². The molecule has 0 aromatic rings. The molecule has 2 nitrogen and oxygen atoms in total. The molecule has 84 valence electrons. The average Bonchev–Trinajstić information content (AvgIpc) is 2.24. The van der Waals surface area contributed by atoms with Crippen LogP contribution in [0.2, 0.25) is 0 Å². The van der Waals surface area contributed by atoms with Crippen molar-refractivity contribution in [2.24, 2.45) is 0 Å². The van der Waals surface area contributed by atoms with Crippen LogP contribution in [0.4, 0.5) is 8.78 Å². The molecule has 2 rings (SSSR count). The van der Waals surface area contributed by atoms with E-state index in [2.05, 4.69) is 10.2 Å². The van der Waals surface area contributed by atoms with Crippen molar-refractivity contribution in [2.45, 2.75) is 12.8 Å². The number of allylic oxidation sites excluding steroid dienone is 3. The third kappa shape index (κ3) is 2.86. The zero-order chi connectivity index (χ0) is 10.7. The van der Waals surface area contributed by atoms with E-state index in [9.17, 15) is 8.78 Å². The number of piperazine rings is 1. The van der Waals surface area contributed by atoms with Crippen LogP contribution >= 0.6 is 0 Å². The second-order valence-corrected chi connectivity index (χ2v) is 4.07. The fourth-order valence-corrected chi connectivity index (χ4v) is 2.00. The van der Waals surface area contributed by atoms with Crippen molar-refractivity contribution in [3.05, 3.63) is 23.3 Å². The molecule has 0 bridgehead atoms. The molecule has 0 radical (unpaired) electrons. The fraction of sp³-hybridized carbons (Fsp3) is 0.636. The van der Waals surface area contributed by atoms with E-state index in [1.54, 1.807) is 0 Å². The van der Waals surface area contributed by atoms with Gasteiger partial charge < -0.3 is 5.32 Å². The maximum Gasteiger partial charge on any atom is 0.126 e. The first kappa shape index (κ1) is 10.8. The molecular formula is C11H16F2N2. The molecule has 1 N–H and O–H groups in total. The Morgan fingerprint density at radius 2 is 1.93 bits per heavy atom. The molecule has 0 unspecified atom stereocenters. The minimum absolute atomic E-state index is 0.337. The van der Waals surface area contributed by atoms with Crippen LogP contribution in [0, 0.1) is 0 Å². The molecule has 2 aliphatic rings. The zero-order valence-corrected chi connectivity index (χ0v) is 8.73. The third-order valence-corrected chi connectivity index (χ3v) is 2.91. The lowest BCUT2D eigenvalue weighted by Crippen LogP contribution is -2.44. The van der Waals surface area contributed by atoms with E-state index in [4.69, 9.17) is 0 Å². The molecule has 0 amide bonds. The first-order valence-corrected chi connectivity index (χ1v) is 5.42. The summed E-state index contributed by atoms with van der Waals surface area (Å²) in [6.07, 6.45) is 1.91. The highest BCUT2D eigenvalue weighted by Crippen LogP contribution is 2.26. The van der Waals surface area contributed by atoms with E-state index >= 15 is 0 Å². The van der Waals surface area contributed by atoms with E-state index in [1.807, 2.05) is 0 Å². The lowest BCUT2D eigenvalue weighted by molar-refractivity contribution is 0.255. The largest absolute Gasteiger partial charge is 0.314 e. The van der Waals surface area contributed by atoms with Gasteiger partial charge in [-0.05, 0) is 12.0 Å². The van der Waals surface area contributed by atoms with Crippen molar-refractivity contribution in [3.8, 4) is 0 Å². The summed E-state index contributed by atoms with van der Waals surface area (Å²) in [6, 6.07) is 0. The molecule has 4 heteroatoms. The van der Waals surface area contributed by atoms with Crippen LogP contribution in [0.1, 0.15) is 12.8 Å². The normalized spacial score (nSPS) is 24.3. The molecule has 15 heavy (non-hydrogen) atoms. The monoisotopic (exact) mass is 214 g/mol. The first-order chi connectivity index (χ1) is 7.25. The molecule has 1 aliphatic carbocycles. The zero-order valence-electron chi connectivity index (χ0n) is 8.73. The van der Waals surface area contributed by atoms with E-state index < -0.39 is 0 Å². The Balaban J connectivity index is 1.95. The molecule has 0 saturated carbocycles. The second-order valence-electron chi connectivity index (χ2n) is 4.07. The minimum atomic E-state index is -0.364. The first-order valence-electron chi connectivity index (χ1n) is 5.42. The topological polar surface area (TPSA) is 15.3 Å². The average molecular weight is 214 g/mol. The standard InChI is InChI=1S/C11H16F2N2/c12-10-2-1-9(11(13)7-10)8-15-5-3-14-4-6-15/h7,14H,1-6,8H2. The van der Waals surface area contributed by atoms with Crippen molar-refractivity contribution in [2.75, 3.05) is 32.7 Å². The summed E-state index contributed by atoms with van der Waals surface area (Å²) >= 11 is 0. The van der Waals surface area contributed by atoms with E-state index in [0.717, 1.165) is 37.8 Å². The molecule has 1 heterocycles. The summed E-state index contributed by atoms with van der Waals surface area (Å²) < 4.78 is 26.1. The van der Waals surface area contributed by atoms with Gasteiger partial charge in [0, 0.05) is 45.2 Å². The molecule has 0 aromatic heterocycles. The van der Waals surface area contributed by atoms with Gasteiger partial charge in [0.05, 0.1) is 0 Å². The van der Waals surface area contributed by atoms with Gasteiger partial charge in [0.2, 0.25) is 0 Å². The van der Waals surface area contributed by atoms with Crippen LogP contribution in [0.3, 0.4) is 0 Å². The van der Waals surface area contributed by atoms with Gasteiger partial charge in [-0.25, -0.2) is 8.78 Å². The molecule has 0 atom stereocenters. The van der Waals surface area contributed by atoms with Crippen molar-refractivity contribution in [1.82, 2.24) is 10.2 Å². The smallest absolute Gasteiger partial charge is 0.126 e. The van der Waals surface area contributed by atoms with Crippen molar-refractivity contribution in [1.29, 1.82) is 0 Å². The molecule has 1 saturated heterocycles. The van der Waals surface area contributed by atoms with Gasteiger partial charge in [0.15, 0.2) is 0 Å². The van der Waals surface area contributed by atoms with Crippen LogP contribution in [-0.2, 0) is 0 Å². The molecular weight excluding hydrogens is 198 g/mol. The number of rotatable bonds is 2. The van der Waals surface area contributed by atoms with Crippen LogP contribution in [0.5, 0.6) is 0 Å². The SMILES string of the molecule is FC1=CC(F)=C(CN2CCNCC2)CC1. The summed E-state index contributed by atoms with van der Waals surface area (Å²) in [7, 11) is 0. The highest BCUT2D eigenvalue weighted by molar-refractivity contribution is 5.27. The van der Waals surface area contributed by atoms with Gasteiger partial charge in [-0.2, -0.15) is 0 Å². The third-order valence-electron chi connectivity index (χ3n) is 2.91. The number of nitrogens with zero attached hydrogens (tertiary/aromatic N) is 1. The highest BCUT2D eigenvalue weighted by atomic mass is 19.1. The lowest BCUT2D eigenvalue weighted by Gasteiger charge is -2.28. The quantitative estimate of drug-likeness (QED) is 0.753. The summed E-state index contributed by atoms with van der Waals surface area (Å²) in [5.41, 5.74) is 0.748.